The molecular formula is C21H25NO4S. The normalized spacial score (nSPS) is 20.9. The van der Waals surface area contributed by atoms with Crippen LogP contribution in [0.25, 0.3) is 0 Å². The summed E-state index contributed by atoms with van der Waals surface area (Å²) in [6.07, 6.45) is -0.797. The zero-order valence-electron chi connectivity index (χ0n) is 15.8. The van der Waals surface area contributed by atoms with Gasteiger partial charge >= 0.3 is 0 Å². The van der Waals surface area contributed by atoms with Crippen molar-refractivity contribution in [1.82, 2.24) is 4.31 Å². The van der Waals surface area contributed by atoms with Crippen molar-refractivity contribution in [2.24, 2.45) is 5.92 Å². The second kappa shape index (κ2) is 7.92. The van der Waals surface area contributed by atoms with Gasteiger partial charge in [-0.3, -0.25) is 4.79 Å². The Bertz CT molecular complexity index is 892. The van der Waals surface area contributed by atoms with Crippen LogP contribution < -0.4 is 0 Å². The van der Waals surface area contributed by atoms with Crippen molar-refractivity contribution in [3.8, 4) is 0 Å². The molecule has 1 saturated heterocycles. The second-order valence-corrected chi connectivity index (χ2v) is 9.08. The predicted octanol–water partition coefficient (Wildman–Crippen LogP) is 3.64. The first-order valence-electron chi connectivity index (χ1n) is 9.11. The summed E-state index contributed by atoms with van der Waals surface area (Å²) < 4.78 is 33.8. The maximum Gasteiger partial charge on any atom is 0.245 e. The lowest BCUT2D eigenvalue weighted by molar-refractivity contribution is 0.0536. The van der Waals surface area contributed by atoms with Crippen LogP contribution >= 0.6 is 0 Å². The van der Waals surface area contributed by atoms with E-state index < -0.39 is 16.3 Å². The van der Waals surface area contributed by atoms with Crippen LogP contribution in [0.1, 0.15) is 36.2 Å². The lowest BCUT2D eigenvalue weighted by atomic mass is 10.1. The Morgan fingerprint density at radius 2 is 1.74 bits per heavy atom. The Morgan fingerprint density at radius 3 is 2.33 bits per heavy atom. The zero-order valence-corrected chi connectivity index (χ0v) is 16.6. The average molecular weight is 388 g/mol. The molecule has 0 saturated carbocycles. The molecule has 2 aromatic carbocycles. The van der Waals surface area contributed by atoms with E-state index in [1.54, 1.807) is 48.5 Å². The molecular weight excluding hydrogens is 362 g/mol. The van der Waals surface area contributed by atoms with E-state index in [4.69, 9.17) is 4.74 Å². The molecule has 0 radical (unpaired) electrons. The number of benzene rings is 2. The summed E-state index contributed by atoms with van der Waals surface area (Å²) in [7, 11) is -3.77. The summed E-state index contributed by atoms with van der Waals surface area (Å²) in [6.45, 7) is 6.13. The molecule has 1 aliphatic rings. The number of sulfonamides is 1. The van der Waals surface area contributed by atoms with Gasteiger partial charge in [-0.25, -0.2) is 8.42 Å². The topological polar surface area (TPSA) is 63.7 Å². The van der Waals surface area contributed by atoms with Gasteiger partial charge in [0.25, 0.3) is 0 Å². The van der Waals surface area contributed by atoms with Crippen molar-refractivity contribution < 1.29 is 17.9 Å². The fourth-order valence-corrected chi connectivity index (χ4v) is 5.10. The number of carbonyl (C=O) groups is 1. The molecule has 1 heterocycles. The van der Waals surface area contributed by atoms with Crippen LogP contribution in [0.15, 0.2) is 59.5 Å². The first-order valence-corrected chi connectivity index (χ1v) is 10.5. The minimum atomic E-state index is -3.77. The van der Waals surface area contributed by atoms with E-state index in [1.165, 1.54) is 4.31 Å². The van der Waals surface area contributed by atoms with Gasteiger partial charge in [-0.2, -0.15) is 4.31 Å². The molecule has 5 nitrogen and oxygen atoms in total. The van der Waals surface area contributed by atoms with Gasteiger partial charge in [-0.15, -0.1) is 0 Å². The highest BCUT2D eigenvalue weighted by molar-refractivity contribution is 7.89. The van der Waals surface area contributed by atoms with E-state index in [-0.39, 0.29) is 35.7 Å². The number of ketones is 1. The number of nitrogens with zero attached hydrogens (tertiary/aromatic N) is 1. The average Bonchev–Trinajstić information content (AvgIpc) is 3.07. The summed E-state index contributed by atoms with van der Waals surface area (Å²) in [5.74, 6) is -0.0591. The van der Waals surface area contributed by atoms with E-state index in [9.17, 15) is 13.2 Å². The van der Waals surface area contributed by atoms with E-state index in [0.717, 1.165) is 5.56 Å². The summed E-state index contributed by atoms with van der Waals surface area (Å²) in [4.78, 5) is 12.9. The van der Waals surface area contributed by atoms with Crippen molar-refractivity contribution in [3.63, 3.8) is 0 Å². The molecule has 0 aliphatic carbocycles. The molecule has 0 amide bonds. The summed E-state index contributed by atoms with van der Waals surface area (Å²) in [6, 6.07) is 15.4. The van der Waals surface area contributed by atoms with Crippen LogP contribution in [0.3, 0.4) is 0 Å². The van der Waals surface area contributed by atoms with E-state index in [2.05, 4.69) is 0 Å². The maximum atomic E-state index is 13.3. The highest BCUT2D eigenvalue weighted by Crippen LogP contribution is 2.32. The van der Waals surface area contributed by atoms with Crippen LogP contribution in [0.5, 0.6) is 0 Å². The van der Waals surface area contributed by atoms with Gasteiger partial charge in [0.1, 0.15) is 6.23 Å². The van der Waals surface area contributed by atoms with Crippen molar-refractivity contribution in [2.75, 3.05) is 6.61 Å². The molecule has 0 N–H and O–H groups in total. The molecule has 0 spiro atoms. The van der Waals surface area contributed by atoms with E-state index in [0.29, 0.717) is 5.56 Å². The van der Waals surface area contributed by atoms with Crippen LogP contribution in [0.4, 0.5) is 0 Å². The fraction of sp³-hybridized carbons (Fsp3) is 0.381. The van der Waals surface area contributed by atoms with Crippen LogP contribution in [-0.2, 0) is 14.8 Å². The highest BCUT2D eigenvalue weighted by Gasteiger charge is 2.45. The molecule has 0 bridgehead atoms. The molecule has 6 heteroatoms. The molecule has 144 valence electrons. The standard InChI is InChI=1S/C21H25NO4S/c1-15(2)19-14-26-21(13-20(23)17-7-5-4-6-8-17)22(19)27(24,25)18-11-9-16(3)10-12-18/h4-12,15,19,21H,13-14H2,1-3H3/t19-,21+/m1/s1. The number of rotatable bonds is 6. The van der Waals surface area contributed by atoms with Crippen molar-refractivity contribution in [1.29, 1.82) is 0 Å². The molecule has 1 fully saturated rings. The smallest absolute Gasteiger partial charge is 0.245 e. The van der Waals surface area contributed by atoms with Crippen LogP contribution in [0.2, 0.25) is 0 Å². The predicted molar refractivity (Wildman–Crippen MR) is 104 cm³/mol. The van der Waals surface area contributed by atoms with Gasteiger partial charge in [0.2, 0.25) is 10.0 Å². The SMILES string of the molecule is Cc1ccc(S(=O)(=O)N2[C@H](CC(=O)c3ccccc3)OC[C@@H]2C(C)C)cc1. The maximum absolute atomic E-state index is 13.3. The lowest BCUT2D eigenvalue weighted by Crippen LogP contribution is -2.45. The number of carbonyl (C=O) groups excluding carboxylic acids is 1. The number of ether oxygens (including phenoxy) is 1. The Balaban J connectivity index is 1.92. The van der Waals surface area contributed by atoms with Crippen molar-refractivity contribution in [2.45, 2.75) is 44.4 Å². The van der Waals surface area contributed by atoms with Gasteiger partial charge in [-0.1, -0.05) is 61.9 Å². The minimum Gasteiger partial charge on any atom is -0.360 e. The highest BCUT2D eigenvalue weighted by atomic mass is 32.2. The van der Waals surface area contributed by atoms with E-state index >= 15 is 0 Å². The molecule has 2 aromatic rings. The first-order chi connectivity index (χ1) is 12.8. The molecule has 0 unspecified atom stereocenters. The van der Waals surface area contributed by atoms with Crippen LogP contribution in [-0.4, -0.2) is 37.4 Å². The van der Waals surface area contributed by atoms with Crippen molar-refractivity contribution >= 4 is 15.8 Å². The Labute approximate surface area is 161 Å². The molecule has 27 heavy (non-hydrogen) atoms. The van der Waals surface area contributed by atoms with Gasteiger partial charge in [0, 0.05) is 5.56 Å². The van der Waals surface area contributed by atoms with Gasteiger partial charge < -0.3 is 4.74 Å². The molecule has 1 aliphatic heterocycles. The Morgan fingerprint density at radius 1 is 1.11 bits per heavy atom. The van der Waals surface area contributed by atoms with Crippen molar-refractivity contribution in [3.05, 3.63) is 65.7 Å². The Hall–Kier alpha value is -2.02. The third-order valence-corrected chi connectivity index (χ3v) is 6.82. The number of hydrogen-bond acceptors (Lipinski definition) is 4. The molecule has 2 atom stereocenters. The summed E-state index contributed by atoms with van der Waals surface area (Å²) in [5.41, 5.74) is 1.55. The number of aryl methyl sites for hydroxylation is 1. The van der Waals surface area contributed by atoms with E-state index in [1.807, 2.05) is 26.8 Å². The third-order valence-electron chi connectivity index (χ3n) is 4.89. The van der Waals surface area contributed by atoms with Gasteiger partial charge in [0.15, 0.2) is 5.78 Å². The minimum absolute atomic E-state index is 0.00166. The van der Waals surface area contributed by atoms with Crippen LogP contribution in [0, 0.1) is 12.8 Å². The quantitative estimate of drug-likeness (QED) is 0.710. The zero-order chi connectivity index (χ0) is 19.6. The molecule has 3 rings (SSSR count). The fourth-order valence-electron chi connectivity index (χ4n) is 3.27. The lowest BCUT2D eigenvalue weighted by Gasteiger charge is -2.29. The monoisotopic (exact) mass is 387 g/mol. The van der Waals surface area contributed by atoms with Gasteiger partial charge in [-0.05, 0) is 25.0 Å². The third kappa shape index (κ3) is 4.13. The largest absolute Gasteiger partial charge is 0.360 e. The summed E-state index contributed by atoms with van der Waals surface area (Å²) >= 11 is 0. The second-order valence-electron chi connectivity index (χ2n) is 7.24. The Kier molecular flexibility index (Phi) is 5.79. The number of hydrogen-bond donors (Lipinski definition) is 0. The molecule has 0 aromatic heterocycles. The van der Waals surface area contributed by atoms with Gasteiger partial charge in [0.05, 0.1) is 24.0 Å². The summed E-state index contributed by atoms with van der Waals surface area (Å²) in [5, 5.41) is 0. The first kappa shape index (κ1) is 19.7. The number of Topliss-reactive ketones (excluding diaryl/α,β-unsaturated/α-hetero) is 1.